The van der Waals surface area contributed by atoms with Crippen molar-refractivity contribution in [2.75, 3.05) is 20.8 Å². The number of nitrogens with two attached hydrogens (primary N) is 1. The van der Waals surface area contributed by atoms with Crippen LogP contribution < -0.4 is 10.5 Å². The lowest BCUT2D eigenvalue weighted by atomic mass is 10.0. The van der Waals surface area contributed by atoms with E-state index in [0.717, 1.165) is 16.8 Å². The fourth-order valence-corrected chi connectivity index (χ4v) is 1.77. The number of methoxy groups -OCH3 is 2. The Morgan fingerprint density at radius 2 is 2.18 bits per heavy atom. The van der Waals surface area contributed by atoms with E-state index in [1.165, 1.54) is 0 Å². The molecule has 5 heteroatoms. The van der Waals surface area contributed by atoms with Crippen LogP contribution in [0.3, 0.4) is 0 Å². The number of aliphatic hydroxyl groups is 1. The van der Waals surface area contributed by atoms with Crippen LogP contribution in [-0.2, 0) is 17.8 Å². The highest BCUT2D eigenvalue weighted by Crippen LogP contribution is 2.26. The second-order valence-electron chi connectivity index (χ2n) is 3.91. The summed E-state index contributed by atoms with van der Waals surface area (Å²) in [5, 5.41) is 9.67. The minimum absolute atomic E-state index is 0.219. The van der Waals surface area contributed by atoms with Crippen LogP contribution in [0.5, 0.6) is 5.75 Å². The van der Waals surface area contributed by atoms with Gasteiger partial charge < -0.3 is 20.3 Å². The first-order chi connectivity index (χ1) is 8.13. The topological polar surface area (TPSA) is 77.6 Å². The largest absolute Gasteiger partial charge is 0.495 e. The van der Waals surface area contributed by atoms with Gasteiger partial charge in [-0.15, -0.1) is 0 Å². The van der Waals surface area contributed by atoms with E-state index < -0.39 is 6.10 Å². The predicted octanol–water partition coefficient (Wildman–Crippen LogP) is 0.407. The summed E-state index contributed by atoms with van der Waals surface area (Å²) < 4.78 is 10.5. The van der Waals surface area contributed by atoms with Crippen molar-refractivity contribution in [2.24, 2.45) is 5.73 Å². The van der Waals surface area contributed by atoms with Crippen LogP contribution in [0.2, 0.25) is 0 Å². The lowest BCUT2D eigenvalue weighted by molar-refractivity contribution is 0.172. The highest BCUT2D eigenvalue weighted by atomic mass is 16.5. The van der Waals surface area contributed by atoms with E-state index in [9.17, 15) is 5.11 Å². The maximum Gasteiger partial charge on any atom is 0.143 e. The smallest absolute Gasteiger partial charge is 0.143 e. The second-order valence-corrected chi connectivity index (χ2v) is 3.91. The molecule has 5 nitrogen and oxygen atoms in total. The van der Waals surface area contributed by atoms with E-state index in [1.807, 2.05) is 6.92 Å². The van der Waals surface area contributed by atoms with Crippen molar-refractivity contribution in [3.63, 3.8) is 0 Å². The van der Waals surface area contributed by atoms with Gasteiger partial charge in [-0.2, -0.15) is 0 Å². The SMILES string of the molecule is COCc1cnc(C)c(OC)c1CC(O)CN. The Hall–Kier alpha value is -1.17. The molecular weight excluding hydrogens is 220 g/mol. The fourth-order valence-electron chi connectivity index (χ4n) is 1.77. The van der Waals surface area contributed by atoms with Gasteiger partial charge in [0.15, 0.2) is 0 Å². The maximum absolute atomic E-state index is 9.67. The van der Waals surface area contributed by atoms with Gasteiger partial charge >= 0.3 is 0 Å². The van der Waals surface area contributed by atoms with Crippen molar-refractivity contribution in [3.8, 4) is 5.75 Å². The van der Waals surface area contributed by atoms with Crippen molar-refractivity contribution in [2.45, 2.75) is 26.1 Å². The molecule has 0 bridgehead atoms. The molecule has 1 atom stereocenters. The van der Waals surface area contributed by atoms with Gasteiger partial charge in [-0.3, -0.25) is 4.98 Å². The van der Waals surface area contributed by atoms with Crippen LogP contribution in [0, 0.1) is 6.92 Å². The van der Waals surface area contributed by atoms with E-state index in [1.54, 1.807) is 20.4 Å². The Bertz CT molecular complexity index is 369. The number of pyridine rings is 1. The summed E-state index contributed by atoms with van der Waals surface area (Å²) in [5.74, 6) is 0.701. The van der Waals surface area contributed by atoms with Gasteiger partial charge in [0.25, 0.3) is 0 Å². The van der Waals surface area contributed by atoms with Gasteiger partial charge in [-0.1, -0.05) is 0 Å². The van der Waals surface area contributed by atoms with E-state index in [0.29, 0.717) is 18.8 Å². The molecule has 1 rings (SSSR count). The first-order valence-corrected chi connectivity index (χ1v) is 5.52. The zero-order valence-electron chi connectivity index (χ0n) is 10.6. The summed E-state index contributed by atoms with van der Waals surface area (Å²) in [6.07, 6.45) is 1.61. The zero-order chi connectivity index (χ0) is 12.8. The Kier molecular flexibility index (Phi) is 5.34. The Morgan fingerprint density at radius 3 is 2.71 bits per heavy atom. The van der Waals surface area contributed by atoms with Gasteiger partial charge in [-0.25, -0.2) is 0 Å². The summed E-state index contributed by atoms with van der Waals surface area (Å²) in [7, 11) is 3.22. The van der Waals surface area contributed by atoms with Crippen LogP contribution in [0.25, 0.3) is 0 Å². The van der Waals surface area contributed by atoms with Crippen LogP contribution in [0.1, 0.15) is 16.8 Å². The summed E-state index contributed by atoms with van der Waals surface area (Å²) in [4.78, 5) is 4.24. The number of rotatable bonds is 6. The highest BCUT2D eigenvalue weighted by Gasteiger charge is 2.16. The quantitative estimate of drug-likeness (QED) is 0.753. The summed E-state index contributed by atoms with van der Waals surface area (Å²) in [5.41, 5.74) is 8.07. The Balaban J connectivity index is 3.13. The third-order valence-corrected chi connectivity index (χ3v) is 2.62. The molecule has 0 aliphatic heterocycles. The molecule has 1 aromatic heterocycles. The molecule has 1 aromatic rings. The van der Waals surface area contributed by atoms with Crippen molar-refractivity contribution >= 4 is 0 Å². The number of aliphatic hydroxyl groups excluding tert-OH is 1. The monoisotopic (exact) mass is 240 g/mol. The molecule has 0 aliphatic rings. The molecule has 0 radical (unpaired) electrons. The van der Waals surface area contributed by atoms with Crippen LogP contribution in [0.15, 0.2) is 6.20 Å². The van der Waals surface area contributed by atoms with Crippen molar-refractivity contribution in [3.05, 3.63) is 23.0 Å². The molecular formula is C12H20N2O3. The molecule has 0 fully saturated rings. The van der Waals surface area contributed by atoms with Gasteiger partial charge in [0.1, 0.15) is 5.75 Å². The molecule has 0 saturated heterocycles. The number of aromatic nitrogens is 1. The second kappa shape index (κ2) is 6.54. The molecule has 1 heterocycles. The van der Waals surface area contributed by atoms with Crippen molar-refractivity contribution in [1.82, 2.24) is 4.98 Å². The van der Waals surface area contributed by atoms with Gasteiger partial charge in [0, 0.05) is 37.4 Å². The summed E-state index contributed by atoms with van der Waals surface area (Å²) >= 11 is 0. The third kappa shape index (κ3) is 3.39. The molecule has 17 heavy (non-hydrogen) atoms. The molecule has 96 valence electrons. The van der Waals surface area contributed by atoms with Gasteiger partial charge in [-0.05, 0) is 6.92 Å². The first-order valence-electron chi connectivity index (χ1n) is 5.52. The third-order valence-electron chi connectivity index (χ3n) is 2.62. The number of ether oxygens (including phenoxy) is 2. The average Bonchev–Trinajstić information content (AvgIpc) is 2.33. The summed E-state index contributed by atoms with van der Waals surface area (Å²) in [6.45, 7) is 2.53. The molecule has 0 aliphatic carbocycles. The van der Waals surface area contributed by atoms with E-state index >= 15 is 0 Å². The van der Waals surface area contributed by atoms with Crippen LogP contribution in [0.4, 0.5) is 0 Å². The lowest BCUT2D eigenvalue weighted by Crippen LogP contribution is -2.23. The van der Waals surface area contributed by atoms with E-state index in [4.69, 9.17) is 15.2 Å². The molecule has 0 aromatic carbocycles. The minimum Gasteiger partial charge on any atom is -0.495 e. The average molecular weight is 240 g/mol. The standard InChI is InChI=1S/C12H20N2O3/c1-8-12(17-3)11(4-10(15)5-13)9(6-14-8)7-16-2/h6,10,15H,4-5,7,13H2,1-3H3. The molecule has 0 amide bonds. The zero-order valence-corrected chi connectivity index (χ0v) is 10.6. The molecule has 0 saturated carbocycles. The Labute approximate surface area is 102 Å². The number of nitrogens with zero attached hydrogens (tertiary/aromatic N) is 1. The minimum atomic E-state index is -0.582. The Morgan fingerprint density at radius 1 is 1.47 bits per heavy atom. The normalized spacial score (nSPS) is 12.5. The number of hydrogen-bond donors (Lipinski definition) is 2. The summed E-state index contributed by atoms with van der Waals surface area (Å²) in [6, 6.07) is 0. The highest BCUT2D eigenvalue weighted by molar-refractivity contribution is 5.42. The van der Waals surface area contributed by atoms with Crippen LogP contribution in [-0.4, -0.2) is 37.0 Å². The van der Waals surface area contributed by atoms with Crippen molar-refractivity contribution in [1.29, 1.82) is 0 Å². The number of aryl methyl sites for hydroxylation is 1. The molecule has 0 spiro atoms. The molecule has 1 unspecified atom stereocenters. The van der Waals surface area contributed by atoms with Crippen LogP contribution >= 0.6 is 0 Å². The fraction of sp³-hybridized carbons (Fsp3) is 0.583. The molecule has 3 N–H and O–H groups in total. The predicted molar refractivity (Wildman–Crippen MR) is 65.0 cm³/mol. The van der Waals surface area contributed by atoms with Gasteiger partial charge in [0.05, 0.1) is 25.5 Å². The van der Waals surface area contributed by atoms with E-state index in [-0.39, 0.29) is 6.54 Å². The van der Waals surface area contributed by atoms with Gasteiger partial charge in [0.2, 0.25) is 0 Å². The maximum atomic E-state index is 9.67. The lowest BCUT2D eigenvalue weighted by Gasteiger charge is -2.17. The van der Waals surface area contributed by atoms with Crippen molar-refractivity contribution < 1.29 is 14.6 Å². The number of hydrogen-bond acceptors (Lipinski definition) is 5. The van der Waals surface area contributed by atoms with E-state index in [2.05, 4.69) is 4.98 Å². The first kappa shape index (κ1) is 13.9.